The van der Waals surface area contributed by atoms with E-state index >= 15 is 0 Å². The van der Waals surface area contributed by atoms with E-state index in [0.717, 1.165) is 13.0 Å². The van der Waals surface area contributed by atoms with Gasteiger partial charge in [0, 0.05) is 13.0 Å². The Kier molecular flexibility index (Phi) is 11.9. The first-order valence-electron chi connectivity index (χ1n) is 6.45. The third-order valence-corrected chi connectivity index (χ3v) is 2.85. The lowest BCUT2D eigenvalue weighted by Gasteiger charge is -1.99. The molecular formula is C13H24BrNO2. The number of aliphatic hydroxyl groups is 1. The Morgan fingerprint density at radius 1 is 0.882 bits per heavy atom. The van der Waals surface area contributed by atoms with E-state index in [4.69, 9.17) is 9.52 Å². The Morgan fingerprint density at radius 3 is 2.00 bits per heavy atom. The van der Waals surface area contributed by atoms with E-state index in [1.807, 2.05) is 6.20 Å². The molecule has 0 atom stereocenters. The fourth-order valence-electron chi connectivity index (χ4n) is 1.86. The Balaban J connectivity index is 0.00000256. The summed E-state index contributed by atoms with van der Waals surface area (Å²) in [6.45, 7) is 1.42. The maximum absolute atomic E-state index is 8.62. The Bertz CT molecular complexity index is 240. The van der Waals surface area contributed by atoms with Gasteiger partial charge < -0.3 is 26.5 Å². The first-order chi connectivity index (χ1) is 7.93. The highest BCUT2D eigenvalue weighted by atomic mass is 79.9. The zero-order chi connectivity index (χ0) is 11.5. The van der Waals surface area contributed by atoms with Crippen molar-refractivity contribution in [3.8, 4) is 0 Å². The first-order valence-corrected chi connectivity index (χ1v) is 6.45. The largest absolute Gasteiger partial charge is 1.00 e. The predicted octanol–water partition coefficient (Wildman–Crippen LogP) is -0.316. The van der Waals surface area contributed by atoms with Crippen LogP contribution in [0.4, 0.5) is 0 Å². The molecule has 0 bridgehead atoms. The van der Waals surface area contributed by atoms with Crippen molar-refractivity contribution in [2.24, 2.45) is 0 Å². The standard InChI is InChI=1S/C13H24NO2.BrH/c15-11-8-6-4-2-1-3-5-7-9-14-10-12-16-13-14;/h10,12-13,15H,1-9,11H2;1H/q+1;/p-1. The highest BCUT2D eigenvalue weighted by Gasteiger charge is 1.99. The fourth-order valence-corrected chi connectivity index (χ4v) is 1.86. The first kappa shape index (κ1) is 16.6. The van der Waals surface area contributed by atoms with Gasteiger partial charge >= 0.3 is 6.39 Å². The smallest absolute Gasteiger partial charge is 0.334 e. The number of aryl methyl sites for hydroxylation is 1. The minimum Gasteiger partial charge on any atom is -1.00 e. The lowest BCUT2D eigenvalue weighted by Crippen LogP contribution is -3.00. The number of oxazole rings is 1. The molecule has 0 amide bonds. The van der Waals surface area contributed by atoms with Crippen molar-refractivity contribution in [2.75, 3.05) is 6.61 Å². The van der Waals surface area contributed by atoms with Gasteiger partial charge in [-0.3, -0.25) is 0 Å². The van der Waals surface area contributed by atoms with Gasteiger partial charge in [0.15, 0.2) is 12.8 Å². The van der Waals surface area contributed by atoms with Crippen LogP contribution in [0.5, 0.6) is 0 Å². The second-order valence-corrected chi connectivity index (χ2v) is 4.32. The zero-order valence-electron chi connectivity index (χ0n) is 10.5. The summed E-state index contributed by atoms with van der Waals surface area (Å²) >= 11 is 0. The second kappa shape index (κ2) is 12.1. The van der Waals surface area contributed by atoms with Gasteiger partial charge in [-0.05, 0) is 12.8 Å². The van der Waals surface area contributed by atoms with Crippen molar-refractivity contribution < 1.29 is 31.1 Å². The Morgan fingerprint density at radius 2 is 1.47 bits per heavy atom. The van der Waals surface area contributed by atoms with Crippen LogP contribution in [0.1, 0.15) is 51.4 Å². The van der Waals surface area contributed by atoms with Crippen molar-refractivity contribution in [2.45, 2.75) is 57.9 Å². The number of halogens is 1. The predicted molar refractivity (Wildman–Crippen MR) is 62.9 cm³/mol. The van der Waals surface area contributed by atoms with Gasteiger partial charge in [0.1, 0.15) is 0 Å². The van der Waals surface area contributed by atoms with Crippen molar-refractivity contribution >= 4 is 0 Å². The van der Waals surface area contributed by atoms with Gasteiger partial charge in [0.2, 0.25) is 6.20 Å². The van der Waals surface area contributed by atoms with Crippen LogP contribution in [-0.2, 0) is 6.54 Å². The van der Waals surface area contributed by atoms with E-state index in [1.165, 1.54) is 44.9 Å². The molecule has 17 heavy (non-hydrogen) atoms. The third kappa shape index (κ3) is 9.36. The van der Waals surface area contributed by atoms with Crippen LogP contribution in [0.2, 0.25) is 0 Å². The maximum Gasteiger partial charge on any atom is 0.334 e. The monoisotopic (exact) mass is 305 g/mol. The lowest BCUT2D eigenvalue weighted by atomic mass is 10.1. The number of aliphatic hydroxyl groups excluding tert-OH is 1. The van der Waals surface area contributed by atoms with Crippen molar-refractivity contribution in [1.29, 1.82) is 0 Å². The van der Waals surface area contributed by atoms with E-state index < -0.39 is 0 Å². The molecule has 4 heteroatoms. The molecule has 1 aromatic rings. The topological polar surface area (TPSA) is 37.2 Å². The molecule has 1 aromatic heterocycles. The molecule has 0 radical (unpaired) electrons. The molecule has 1 rings (SSSR count). The lowest BCUT2D eigenvalue weighted by molar-refractivity contribution is -0.700. The van der Waals surface area contributed by atoms with Gasteiger partial charge in [0.25, 0.3) is 0 Å². The van der Waals surface area contributed by atoms with E-state index in [-0.39, 0.29) is 17.0 Å². The fraction of sp³-hybridized carbons (Fsp3) is 0.769. The van der Waals surface area contributed by atoms with Crippen molar-refractivity contribution in [1.82, 2.24) is 0 Å². The molecule has 0 spiro atoms. The van der Waals surface area contributed by atoms with Crippen LogP contribution < -0.4 is 21.5 Å². The molecule has 0 aliphatic heterocycles. The number of rotatable bonds is 10. The average molecular weight is 306 g/mol. The second-order valence-electron chi connectivity index (χ2n) is 4.32. The minimum atomic E-state index is 0. The van der Waals surface area contributed by atoms with E-state index in [0.29, 0.717) is 6.61 Å². The van der Waals surface area contributed by atoms with E-state index in [9.17, 15) is 0 Å². The molecule has 0 saturated carbocycles. The van der Waals surface area contributed by atoms with Crippen LogP contribution in [-0.4, -0.2) is 11.7 Å². The molecule has 100 valence electrons. The molecule has 1 N–H and O–H groups in total. The van der Waals surface area contributed by atoms with Gasteiger partial charge in [-0.2, -0.15) is 4.57 Å². The van der Waals surface area contributed by atoms with Crippen molar-refractivity contribution in [3.63, 3.8) is 0 Å². The molecule has 1 heterocycles. The summed E-state index contributed by atoms with van der Waals surface area (Å²) < 4.78 is 7.07. The molecule has 0 aliphatic carbocycles. The van der Waals surface area contributed by atoms with Gasteiger partial charge in [-0.15, -0.1) is 0 Å². The molecule has 0 fully saturated rings. The summed E-state index contributed by atoms with van der Waals surface area (Å²) in [6.07, 6.45) is 15.4. The van der Waals surface area contributed by atoms with Crippen LogP contribution in [0.3, 0.4) is 0 Å². The SMILES string of the molecule is OCCCCCCCCCC[n+]1ccoc1.[Br-]. The summed E-state index contributed by atoms with van der Waals surface area (Å²) in [5.74, 6) is 0. The molecule has 0 saturated heterocycles. The Labute approximate surface area is 115 Å². The Hall–Kier alpha value is -0.350. The van der Waals surface area contributed by atoms with Gasteiger partial charge in [-0.25, -0.2) is 0 Å². The molecular weight excluding hydrogens is 282 g/mol. The summed E-state index contributed by atoms with van der Waals surface area (Å²) in [5, 5.41) is 8.62. The van der Waals surface area contributed by atoms with Crippen LogP contribution in [0.15, 0.2) is 23.3 Å². The van der Waals surface area contributed by atoms with Gasteiger partial charge in [-0.1, -0.05) is 32.1 Å². The number of nitrogens with zero attached hydrogens (tertiary/aromatic N) is 1. The summed E-state index contributed by atoms with van der Waals surface area (Å²) in [7, 11) is 0. The molecule has 0 aromatic carbocycles. The summed E-state index contributed by atoms with van der Waals surface area (Å²) in [6, 6.07) is 0. The maximum atomic E-state index is 8.62. The van der Waals surface area contributed by atoms with Crippen LogP contribution >= 0.6 is 0 Å². The van der Waals surface area contributed by atoms with Crippen LogP contribution in [0, 0.1) is 0 Å². The highest BCUT2D eigenvalue weighted by molar-refractivity contribution is 4.48. The number of hydrogen-bond acceptors (Lipinski definition) is 2. The number of unbranched alkanes of at least 4 members (excludes halogenated alkanes) is 7. The van der Waals surface area contributed by atoms with Crippen molar-refractivity contribution in [3.05, 3.63) is 18.9 Å². The summed E-state index contributed by atoms with van der Waals surface area (Å²) in [4.78, 5) is 0. The normalized spacial score (nSPS) is 10.2. The zero-order valence-corrected chi connectivity index (χ0v) is 12.1. The van der Waals surface area contributed by atoms with Crippen LogP contribution in [0.25, 0.3) is 0 Å². The minimum absolute atomic E-state index is 0. The van der Waals surface area contributed by atoms with Gasteiger partial charge in [0.05, 0.1) is 0 Å². The molecule has 0 aliphatic rings. The highest BCUT2D eigenvalue weighted by Crippen LogP contribution is 2.08. The number of hydrogen-bond donors (Lipinski definition) is 1. The summed E-state index contributed by atoms with van der Waals surface area (Å²) in [5.41, 5.74) is 0. The molecule has 0 unspecified atom stereocenters. The average Bonchev–Trinajstić information content (AvgIpc) is 2.80. The number of aromatic nitrogens is 1. The third-order valence-electron chi connectivity index (χ3n) is 2.85. The van der Waals surface area contributed by atoms with E-state index in [2.05, 4.69) is 4.57 Å². The quantitative estimate of drug-likeness (QED) is 0.475. The molecule has 3 nitrogen and oxygen atoms in total. The van der Waals surface area contributed by atoms with E-state index in [1.54, 1.807) is 12.7 Å².